The molecule has 0 aliphatic carbocycles. The van der Waals surface area contributed by atoms with Crippen molar-refractivity contribution in [2.45, 2.75) is 70.1 Å². The molecule has 3 saturated heterocycles. The summed E-state index contributed by atoms with van der Waals surface area (Å²) in [6.07, 6.45) is 5.16. The molecule has 0 unspecified atom stereocenters. The van der Waals surface area contributed by atoms with Crippen LogP contribution in [0.5, 0.6) is 0 Å². The molecule has 1 aromatic rings. The molecule has 6 nitrogen and oxygen atoms in total. The van der Waals surface area contributed by atoms with E-state index in [0.29, 0.717) is 24.3 Å². The molecule has 1 aromatic heterocycles. The smallest absolute Gasteiger partial charge is 0.251 e. The van der Waals surface area contributed by atoms with Crippen molar-refractivity contribution in [2.24, 2.45) is 10.8 Å². The molecule has 33 heavy (non-hydrogen) atoms. The number of halogens is 2. The van der Waals surface area contributed by atoms with Crippen molar-refractivity contribution in [3.63, 3.8) is 0 Å². The van der Waals surface area contributed by atoms with Gasteiger partial charge in [-0.3, -0.25) is 0 Å². The molecule has 0 aromatic carbocycles. The SMILES string of the molecule is CC(C)(C)CCN1CCC2(CC1)CCN(S(=O)(=O)c1ccc(N3CCC(F)(F)CC3)nc1)C2. The Hall–Kier alpha value is -1.32. The van der Waals surface area contributed by atoms with Crippen LogP contribution in [0.15, 0.2) is 23.2 Å². The average molecular weight is 485 g/mol. The zero-order valence-corrected chi connectivity index (χ0v) is 21.0. The van der Waals surface area contributed by atoms with Gasteiger partial charge in [0.05, 0.1) is 0 Å². The van der Waals surface area contributed by atoms with Crippen LogP contribution in [-0.2, 0) is 10.0 Å². The number of nitrogens with zero attached hydrogens (tertiary/aromatic N) is 4. The first kappa shape index (κ1) is 24.8. The molecule has 0 atom stereocenters. The third-order valence-electron chi connectivity index (χ3n) is 7.68. The second kappa shape index (κ2) is 9.04. The molecule has 3 fully saturated rings. The topological polar surface area (TPSA) is 56.8 Å². The van der Waals surface area contributed by atoms with E-state index in [1.807, 2.05) is 0 Å². The van der Waals surface area contributed by atoms with Gasteiger partial charge in [-0.05, 0) is 68.3 Å². The van der Waals surface area contributed by atoms with E-state index in [0.717, 1.165) is 38.9 Å². The largest absolute Gasteiger partial charge is 0.356 e. The molecule has 3 aliphatic heterocycles. The second-order valence-electron chi connectivity index (χ2n) is 11.4. The normalized spacial score (nSPS) is 24.5. The van der Waals surface area contributed by atoms with E-state index < -0.39 is 15.9 Å². The number of likely N-dealkylation sites (tertiary alicyclic amines) is 1. The molecular formula is C24H38F2N4O2S. The van der Waals surface area contributed by atoms with Crippen LogP contribution in [0.2, 0.25) is 0 Å². The Bertz CT molecular complexity index is 913. The van der Waals surface area contributed by atoms with Crippen molar-refractivity contribution < 1.29 is 17.2 Å². The van der Waals surface area contributed by atoms with E-state index in [2.05, 4.69) is 30.7 Å². The molecule has 4 heterocycles. The second-order valence-corrected chi connectivity index (χ2v) is 13.4. The van der Waals surface area contributed by atoms with Crippen LogP contribution >= 0.6 is 0 Å². The van der Waals surface area contributed by atoms with E-state index in [1.165, 1.54) is 12.6 Å². The van der Waals surface area contributed by atoms with E-state index in [4.69, 9.17) is 0 Å². The fourth-order valence-electron chi connectivity index (χ4n) is 5.18. The van der Waals surface area contributed by atoms with Gasteiger partial charge < -0.3 is 9.80 Å². The van der Waals surface area contributed by atoms with Gasteiger partial charge in [0, 0.05) is 45.2 Å². The molecule has 0 amide bonds. The van der Waals surface area contributed by atoms with Gasteiger partial charge in [0.2, 0.25) is 10.0 Å². The number of hydrogen-bond donors (Lipinski definition) is 0. The third-order valence-corrected chi connectivity index (χ3v) is 9.50. The van der Waals surface area contributed by atoms with Gasteiger partial charge in [-0.25, -0.2) is 22.2 Å². The number of sulfonamides is 1. The summed E-state index contributed by atoms with van der Waals surface area (Å²) in [6.45, 7) is 11.6. The number of hydrogen-bond acceptors (Lipinski definition) is 5. The Morgan fingerprint density at radius 3 is 2.18 bits per heavy atom. The first-order valence-corrected chi connectivity index (χ1v) is 13.6. The standard InChI is InChI=1S/C24H38F2N4O2S/c1-22(2,3)6-12-28-13-7-23(8-14-28)9-17-30(19-23)33(31,32)20-4-5-21(27-18-20)29-15-10-24(25,26)11-16-29/h4-5,18H,6-17,19H2,1-3H3. The summed E-state index contributed by atoms with van der Waals surface area (Å²) in [5.41, 5.74) is 0.410. The zero-order valence-electron chi connectivity index (χ0n) is 20.2. The van der Waals surface area contributed by atoms with Crippen LogP contribution in [0.3, 0.4) is 0 Å². The Balaban J connectivity index is 1.34. The molecule has 0 saturated carbocycles. The highest BCUT2D eigenvalue weighted by Crippen LogP contribution is 2.42. The lowest BCUT2D eigenvalue weighted by atomic mass is 9.77. The summed E-state index contributed by atoms with van der Waals surface area (Å²) in [5, 5.41) is 0. The molecule has 9 heteroatoms. The van der Waals surface area contributed by atoms with Crippen molar-refractivity contribution in [2.75, 3.05) is 50.7 Å². The van der Waals surface area contributed by atoms with Gasteiger partial charge in [-0.1, -0.05) is 20.8 Å². The maximum atomic E-state index is 13.4. The Morgan fingerprint density at radius 2 is 1.61 bits per heavy atom. The summed E-state index contributed by atoms with van der Waals surface area (Å²) in [6, 6.07) is 3.22. The minimum atomic E-state index is -3.60. The summed E-state index contributed by atoms with van der Waals surface area (Å²) >= 11 is 0. The van der Waals surface area contributed by atoms with Gasteiger partial charge in [0.25, 0.3) is 5.92 Å². The van der Waals surface area contributed by atoms with Crippen LogP contribution in [-0.4, -0.2) is 74.3 Å². The number of alkyl halides is 2. The van der Waals surface area contributed by atoms with E-state index in [1.54, 1.807) is 21.3 Å². The minimum absolute atomic E-state index is 0.0811. The van der Waals surface area contributed by atoms with Crippen molar-refractivity contribution in [1.82, 2.24) is 14.2 Å². The maximum Gasteiger partial charge on any atom is 0.251 e. The predicted octanol–water partition coefficient (Wildman–Crippen LogP) is 4.23. The van der Waals surface area contributed by atoms with Crippen molar-refractivity contribution >= 4 is 15.8 Å². The van der Waals surface area contributed by atoms with Crippen LogP contribution in [0.25, 0.3) is 0 Å². The third kappa shape index (κ3) is 5.85. The van der Waals surface area contributed by atoms with Gasteiger partial charge in [-0.15, -0.1) is 0 Å². The van der Waals surface area contributed by atoms with E-state index >= 15 is 0 Å². The number of aromatic nitrogens is 1. The summed E-state index contributed by atoms with van der Waals surface area (Å²) in [4.78, 5) is 8.82. The van der Waals surface area contributed by atoms with Crippen molar-refractivity contribution in [3.8, 4) is 0 Å². The van der Waals surface area contributed by atoms with Crippen molar-refractivity contribution in [3.05, 3.63) is 18.3 Å². The van der Waals surface area contributed by atoms with Crippen LogP contribution < -0.4 is 4.90 Å². The van der Waals surface area contributed by atoms with E-state index in [-0.39, 0.29) is 36.2 Å². The van der Waals surface area contributed by atoms with E-state index in [9.17, 15) is 17.2 Å². The minimum Gasteiger partial charge on any atom is -0.356 e. The molecule has 4 rings (SSSR count). The van der Waals surface area contributed by atoms with Crippen LogP contribution in [0.1, 0.15) is 59.3 Å². The van der Waals surface area contributed by atoms with Gasteiger partial charge >= 0.3 is 0 Å². The first-order valence-electron chi connectivity index (χ1n) is 12.2. The molecule has 186 valence electrons. The number of rotatable bonds is 5. The lowest BCUT2D eigenvalue weighted by Gasteiger charge is -2.40. The first-order chi connectivity index (χ1) is 15.4. The van der Waals surface area contributed by atoms with Crippen LogP contribution in [0.4, 0.5) is 14.6 Å². The lowest BCUT2D eigenvalue weighted by Crippen LogP contribution is -2.43. The highest BCUT2D eigenvalue weighted by molar-refractivity contribution is 7.89. The Morgan fingerprint density at radius 1 is 0.970 bits per heavy atom. The Labute approximate surface area is 197 Å². The molecule has 0 bridgehead atoms. The summed E-state index contributed by atoms with van der Waals surface area (Å²) in [7, 11) is -3.60. The fourth-order valence-corrected chi connectivity index (χ4v) is 6.68. The maximum absolute atomic E-state index is 13.4. The molecular weight excluding hydrogens is 446 g/mol. The predicted molar refractivity (Wildman–Crippen MR) is 126 cm³/mol. The summed E-state index contributed by atoms with van der Waals surface area (Å²) < 4.78 is 55.0. The lowest BCUT2D eigenvalue weighted by molar-refractivity contribution is -0.0221. The zero-order chi connectivity index (χ0) is 23.9. The number of anilines is 1. The molecule has 0 N–H and O–H groups in total. The molecule has 0 radical (unpaired) electrons. The quantitative estimate of drug-likeness (QED) is 0.626. The monoisotopic (exact) mass is 484 g/mol. The van der Waals surface area contributed by atoms with Crippen molar-refractivity contribution in [1.29, 1.82) is 0 Å². The van der Waals surface area contributed by atoms with Gasteiger partial charge in [-0.2, -0.15) is 4.31 Å². The number of pyridine rings is 1. The summed E-state index contributed by atoms with van der Waals surface area (Å²) in [5.74, 6) is -2.06. The van der Waals surface area contributed by atoms with Gasteiger partial charge in [0.15, 0.2) is 0 Å². The number of piperidine rings is 2. The average Bonchev–Trinajstić information content (AvgIpc) is 3.17. The van der Waals surface area contributed by atoms with Gasteiger partial charge in [0.1, 0.15) is 10.7 Å². The van der Waals surface area contributed by atoms with Crippen LogP contribution in [0, 0.1) is 10.8 Å². The highest BCUT2D eigenvalue weighted by Gasteiger charge is 2.44. The Kier molecular flexibility index (Phi) is 6.79. The fraction of sp³-hybridized carbons (Fsp3) is 0.792. The highest BCUT2D eigenvalue weighted by atomic mass is 32.2. The molecule has 1 spiro atoms. The molecule has 3 aliphatic rings.